The molecule has 8 nitrogen and oxygen atoms in total. The highest BCUT2D eigenvalue weighted by atomic mass is 16.5. The van der Waals surface area contributed by atoms with Crippen LogP contribution >= 0.6 is 0 Å². The van der Waals surface area contributed by atoms with Crippen molar-refractivity contribution in [3.63, 3.8) is 0 Å². The largest absolute Gasteiger partial charge is 0.357 e. The Hall–Kier alpha value is -2.38. The van der Waals surface area contributed by atoms with E-state index in [1.165, 1.54) is 0 Å². The normalized spacial score (nSPS) is 11.7. The second-order valence-electron chi connectivity index (χ2n) is 4.22. The van der Waals surface area contributed by atoms with Crippen LogP contribution in [0.1, 0.15) is 24.3 Å². The first kappa shape index (κ1) is 14.0. The fourth-order valence-corrected chi connectivity index (χ4v) is 1.65. The third kappa shape index (κ3) is 3.81. The Kier molecular flexibility index (Phi) is 4.70. The number of nitrogens with zero attached hydrogens (tertiary/aromatic N) is 5. The average molecular weight is 277 g/mol. The Labute approximate surface area is 117 Å². The summed E-state index contributed by atoms with van der Waals surface area (Å²) >= 11 is 0. The monoisotopic (exact) mass is 277 g/mol. The van der Waals surface area contributed by atoms with E-state index in [-0.39, 0.29) is 0 Å². The van der Waals surface area contributed by atoms with E-state index in [0.29, 0.717) is 30.8 Å². The van der Waals surface area contributed by atoms with E-state index in [1.807, 2.05) is 24.7 Å². The summed E-state index contributed by atoms with van der Waals surface area (Å²) in [4.78, 5) is 8.52. The van der Waals surface area contributed by atoms with Gasteiger partial charge in [-0.25, -0.2) is 4.99 Å². The molecule has 0 aliphatic rings. The number of aryl methyl sites for hydroxylation is 2. The van der Waals surface area contributed by atoms with Crippen LogP contribution in [0.25, 0.3) is 0 Å². The summed E-state index contributed by atoms with van der Waals surface area (Å²) in [5.74, 6) is 1.82. The lowest BCUT2D eigenvalue weighted by atomic mass is 10.4. The molecule has 8 heteroatoms. The molecule has 0 spiro atoms. The number of aromatic nitrogens is 4. The van der Waals surface area contributed by atoms with Crippen molar-refractivity contribution >= 4 is 5.96 Å². The van der Waals surface area contributed by atoms with Crippen molar-refractivity contribution in [3.8, 4) is 0 Å². The molecular formula is C12H19N7O. The van der Waals surface area contributed by atoms with Crippen molar-refractivity contribution in [2.24, 2.45) is 12.0 Å². The lowest BCUT2D eigenvalue weighted by molar-refractivity contribution is 0.387. The van der Waals surface area contributed by atoms with Gasteiger partial charge < -0.3 is 15.2 Å². The Morgan fingerprint density at radius 2 is 2.30 bits per heavy atom. The molecule has 0 saturated heterocycles. The van der Waals surface area contributed by atoms with Gasteiger partial charge in [0.2, 0.25) is 5.89 Å². The summed E-state index contributed by atoms with van der Waals surface area (Å²) in [7, 11) is 1.91. The molecule has 2 rings (SSSR count). The lowest BCUT2D eigenvalue weighted by Gasteiger charge is -2.10. The van der Waals surface area contributed by atoms with Gasteiger partial charge in [-0.05, 0) is 13.0 Å². The number of hydrogen-bond donors (Lipinski definition) is 2. The Morgan fingerprint density at radius 3 is 2.90 bits per heavy atom. The zero-order chi connectivity index (χ0) is 14.4. The molecule has 0 amide bonds. The summed E-state index contributed by atoms with van der Waals surface area (Å²) in [6.45, 7) is 5.57. The van der Waals surface area contributed by atoms with E-state index in [4.69, 9.17) is 4.52 Å². The standard InChI is InChI=1S/C12H19N7O/c1-4-13-12(14-7-10-5-6-16-19(10)3)15-8-11-17-9(2)20-18-11/h5-6H,4,7-8H2,1-3H3,(H2,13,14,15). The Bertz CT molecular complexity index is 572. The van der Waals surface area contributed by atoms with Crippen molar-refractivity contribution in [1.82, 2.24) is 30.6 Å². The van der Waals surface area contributed by atoms with Gasteiger partial charge >= 0.3 is 0 Å². The molecule has 0 atom stereocenters. The number of rotatable bonds is 5. The van der Waals surface area contributed by atoms with Crippen LogP contribution in [0.15, 0.2) is 21.8 Å². The van der Waals surface area contributed by atoms with Crippen LogP contribution in [0, 0.1) is 6.92 Å². The lowest BCUT2D eigenvalue weighted by Crippen LogP contribution is -2.37. The first-order valence-electron chi connectivity index (χ1n) is 6.47. The number of guanidine groups is 1. The smallest absolute Gasteiger partial charge is 0.223 e. The van der Waals surface area contributed by atoms with E-state index >= 15 is 0 Å². The minimum atomic E-state index is 0.373. The molecule has 0 aliphatic carbocycles. The molecule has 0 unspecified atom stereocenters. The van der Waals surface area contributed by atoms with Crippen LogP contribution < -0.4 is 10.6 Å². The van der Waals surface area contributed by atoms with E-state index in [2.05, 4.69) is 30.9 Å². The Morgan fingerprint density at radius 1 is 1.45 bits per heavy atom. The molecule has 0 radical (unpaired) electrons. The van der Waals surface area contributed by atoms with Crippen LogP contribution in [-0.2, 0) is 20.1 Å². The minimum absolute atomic E-state index is 0.373. The van der Waals surface area contributed by atoms with Gasteiger partial charge in [0.25, 0.3) is 0 Å². The maximum atomic E-state index is 4.91. The molecule has 108 valence electrons. The Balaban J connectivity index is 1.94. The van der Waals surface area contributed by atoms with Crippen LogP contribution in [-0.4, -0.2) is 32.4 Å². The third-order valence-corrected chi connectivity index (χ3v) is 2.65. The first-order chi connectivity index (χ1) is 9.69. The van der Waals surface area contributed by atoms with Crippen LogP contribution in [0.2, 0.25) is 0 Å². The van der Waals surface area contributed by atoms with Gasteiger partial charge in [0.1, 0.15) is 6.54 Å². The third-order valence-electron chi connectivity index (χ3n) is 2.65. The first-order valence-corrected chi connectivity index (χ1v) is 6.47. The summed E-state index contributed by atoms with van der Waals surface area (Å²) in [5, 5.41) is 14.3. The van der Waals surface area contributed by atoms with E-state index in [0.717, 1.165) is 12.2 Å². The van der Waals surface area contributed by atoms with E-state index in [1.54, 1.807) is 13.1 Å². The second-order valence-corrected chi connectivity index (χ2v) is 4.22. The fraction of sp³-hybridized carbons (Fsp3) is 0.500. The van der Waals surface area contributed by atoms with E-state index in [9.17, 15) is 0 Å². The zero-order valence-electron chi connectivity index (χ0n) is 11.9. The average Bonchev–Trinajstić information content (AvgIpc) is 3.02. The van der Waals surface area contributed by atoms with Gasteiger partial charge in [-0.2, -0.15) is 10.1 Å². The van der Waals surface area contributed by atoms with Gasteiger partial charge in [-0.1, -0.05) is 5.16 Å². The molecule has 2 aromatic heterocycles. The summed E-state index contributed by atoms with van der Waals surface area (Å²) < 4.78 is 6.73. The highest BCUT2D eigenvalue weighted by Crippen LogP contribution is 1.97. The van der Waals surface area contributed by atoms with Gasteiger partial charge in [-0.3, -0.25) is 4.68 Å². The van der Waals surface area contributed by atoms with Crippen molar-refractivity contribution < 1.29 is 4.52 Å². The molecule has 0 aliphatic heterocycles. The van der Waals surface area contributed by atoms with Crippen molar-refractivity contribution in [2.45, 2.75) is 26.9 Å². The number of nitrogens with one attached hydrogen (secondary N) is 2. The second kappa shape index (κ2) is 6.69. The fourth-order valence-electron chi connectivity index (χ4n) is 1.65. The van der Waals surface area contributed by atoms with Crippen molar-refractivity contribution in [3.05, 3.63) is 29.7 Å². The van der Waals surface area contributed by atoms with Crippen LogP contribution in [0.5, 0.6) is 0 Å². The van der Waals surface area contributed by atoms with Crippen molar-refractivity contribution in [2.75, 3.05) is 6.54 Å². The summed E-state index contributed by atoms with van der Waals surface area (Å²) in [6, 6.07) is 1.96. The molecule has 2 heterocycles. The molecule has 0 fully saturated rings. The van der Waals surface area contributed by atoms with Crippen molar-refractivity contribution in [1.29, 1.82) is 0 Å². The predicted molar refractivity (Wildman–Crippen MR) is 73.9 cm³/mol. The number of aliphatic imine (C=N–C) groups is 1. The maximum absolute atomic E-state index is 4.91. The quantitative estimate of drug-likeness (QED) is 0.606. The predicted octanol–water partition coefficient (Wildman–Crippen LogP) is 0.367. The van der Waals surface area contributed by atoms with Crippen LogP contribution in [0.4, 0.5) is 0 Å². The summed E-state index contributed by atoms with van der Waals surface area (Å²) in [5.41, 5.74) is 1.08. The van der Waals surface area contributed by atoms with Gasteiger partial charge in [-0.15, -0.1) is 0 Å². The minimum Gasteiger partial charge on any atom is -0.357 e. The highest BCUT2D eigenvalue weighted by Gasteiger charge is 2.04. The molecule has 2 N–H and O–H groups in total. The molecular weight excluding hydrogens is 258 g/mol. The zero-order valence-corrected chi connectivity index (χ0v) is 11.9. The van der Waals surface area contributed by atoms with Gasteiger partial charge in [0.05, 0.1) is 12.2 Å². The molecule has 0 bridgehead atoms. The molecule has 0 aromatic carbocycles. The topological polar surface area (TPSA) is 93.2 Å². The molecule has 20 heavy (non-hydrogen) atoms. The van der Waals surface area contributed by atoms with Gasteiger partial charge in [0, 0.05) is 26.7 Å². The van der Waals surface area contributed by atoms with Crippen LogP contribution in [0.3, 0.4) is 0 Å². The summed E-state index contributed by atoms with van der Waals surface area (Å²) in [6.07, 6.45) is 1.77. The van der Waals surface area contributed by atoms with E-state index < -0.39 is 0 Å². The van der Waals surface area contributed by atoms with Gasteiger partial charge in [0.15, 0.2) is 11.8 Å². The molecule has 2 aromatic rings. The SMILES string of the molecule is CCNC(=NCc1noc(C)n1)NCc1ccnn1C. The number of hydrogen-bond acceptors (Lipinski definition) is 5. The maximum Gasteiger partial charge on any atom is 0.223 e. The highest BCUT2D eigenvalue weighted by molar-refractivity contribution is 5.79. The molecule has 0 saturated carbocycles.